The van der Waals surface area contributed by atoms with Gasteiger partial charge in [-0.15, -0.1) is 10.2 Å². The van der Waals surface area contributed by atoms with Gasteiger partial charge in [0.1, 0.15) is 11.3 Å². The van der Waals surface area contributed by atoms with E-state index in [0.717, 1.165) is 21.9 Å². The number of benzene rings is 2. The molecular formula is C22H19ClN4O. The van der Waals surface area contributed by atoms with Crippen LogP contribution in [0.25, 0.3) is 15.6 Å². The Bertz CT molecular complexity index is 1150. The molecule has 0 amide bonds. The number of halogens is 1. The Morgan fingerprint density at radius 3 is 2.64 bits per heavy atom. The SMILES string of the molecule is [C-]#[N+]c1ccc2c(C#CC(C)(C)O)nnc(NCc3ccc(C)c(Cl)c3)c2c1. The molecule has 3 aromatic rings. The van der Waals surface area contributed by atoms with Gasteiger partial charge in [-0.05, 0) is 50.0 Å². The van der Waals surface area contributed by atoms with E-state index in [4.69, 9.17) is 18.2 Å². The van der Waals surface area contributed by atoms with E-state index in [-0.39, 0.29) is 0 Å². The van der Waals surface area contributed by atoms with Crippen LogP contribution in [0.5, 0.6) is 0 Å². The quantitative estimate of drug-likeness (QED) is 0.494. The van der Waals surface area contributed by atoms with Crippen molar-refractivity contribution in [3.63, 3.8) is 0 Å². The molecular weight excluding hydrogens is 372 g/mol. The molecule has 0 radical (unpaired) electrons. The van der Waals surface area contributed by atoms with E-state index in [0.29, 0.717) is 28.8 Å². The summed E-state index contributed by atoms with van der Waals surface area (Å²) >= 11 is 6.20. The zero-order valence-corrected chi connectivity index (χ0v) is 16.6. The number of aryl methyl sites for hydroxylation is 1. The second-order valence-electron chi connectivity index (χ2n) is 6.99. The van der Waals surface area contributed by atoms with Crippen LogP contribution in [0.15, 0.2) is 36.4 Å². The minimum absolute atomic E-state index is 0.456. The largest absolute Gasteiger partial charge is 0.378 e. The van der Waals surface area contributed by atoms with Gasteiger partial charge in [-0.2, -0.15) is 0 Å². The first-order chi connectivity index (χ1) is 13.3. The summed E-state index contributed by atoms with van der Waals surface area (Å²) in [6.45, 7) is 13.0. The Morgan fingerprint density at radius 2 is 1.96 bits per heavy atom. The zero-order valence-electron chi connectivity index (χ0n) is 15.8. The summed E-state index contributed by atoms with van der Waals surface area (Å²) in [5, 5.41) is 23.8. The molecule has 28 heavy (non-hydrogen) atoms. The molecule has 0 unspecified atom stereocenters. The van der Waals surface area contributed by atoms with Crippen molar-refractivity contribution in [1.82, 2.24) is 10.2 Å². The van der Waals surface area contributed by atoms with Gasteiger partial charge in [0.2, 0.25) is 0 Å². The summed E-state index contributed by atoms with van der Waals surface area (Å²) in [5.74, 6) is 6.20. The summed E-state index contributed by atoms with van der Waals surface area (Å²) in [4.78, 5) is 3.50. The maximum Gasteiger partial charge on any atom is 0.188 e. The molecule has 0 aliphatic rings. The molecule has 2 aromatic carbocycles. The second-order valence-corrected chi connectivity index (χ2v) is 7.39. The van der Waals surface area contributed by atoms with Crippen molar-refractivity contribution in [2.75, 3.05) is 5.32 Å². The number of hydrogen-bond acceptors (Lipinski definition) is 4. The molecule has 0 atom stereocenters. The minimum Gasteiger partial charge on any atom is -0.378 e. The Kier molecular flexibility index (Phi) is 5.51. The Balaban J connectivity index is 2.01. The lowest BCUT2D eigenvalue weighted by molar-refractivity contribution is 0.143. The number of aliphatic hydroxyl groups is 1. The van der Waals surface area contributed by atoms with Gasteiger partial charge in [0, 0.05) is 22.3 Å². The first kappa shape index (κ1) is 19.6. The van der Waals surface area contributed by atoms with Crippen molar-refractivity contribution in [3.8, 4) is 11.8 Å². The van der Waals surface area contributed by atoms with Gasteiger partial charge in [-0.3, -0.25) is 0 Å². The summed E-state index contributed by atoms with van der Waals surface area (Å²) < 4.78 is 0. The number of nitrogens with zero attached hydrogens (tertiary/aromatic N) is 3. The van der Waals surface area contributed by atoms with Crippen molar-refractivity contribution < 1.29 is 5.11 Å². The highest BCUT2D eigenvalue weighted by Gasteiger charge is 2.11. The summed E-state index contributed by atoms with van der Waals surface area (Å²) in [5.41, 5.74) is 1.86. The predicted molar refractivity (Wildman–Crippen MR) is 112 cm³/mol. The van der Waals surface area contributed by atoms with Crippen LogP contribution < -0.4 is 5.32 Å². The number of rotatable bonds is 3. The predicted octanol–water partition coefficient (Wildman–Crippen LogP) is 4.88. The molecule has 140 valence electrons. The van der Waals surface area contributed by atoms with Gasteiger partial charge >= 0.3 is 0 Å². The van der Waals surface area contributed by atoms with E-state index in [1.165, 1.54) is 0 Å². The summed E-state index contributed by atoms with van der Waals surface area (Å²) in [6.07, 6.45) is 0. The molecule has 0 spiro atoms. The van der Waals surface area contributed by atoms with Crippen LogP contribution >= 0.6 is 11.6 Å². The number of anilines is 1. The van der Waals surface area contributed by atoms with E-state index in [2.05, 4.69) is 32.2 Å². The first-order valence-corrected chi connectivity index (χ1v) is 9.07. The molecule has 0 saturated heterocycles. The van der Waals surface area contributed by atoms with Gasteiger partial charge in [-0.1, -0.05) is 41.8 Å². The third-order valence-corrected chi connectivity index (χ3v) is 4.48. The highest BCUT2D eigenvalue weighted by Crippen LogP contribution is 2.28. The van der Waals surface area contributed by atoms with E-state index in [1.807, 2.05) is 25.1 Å². The fourth-order valence-corrected chi connectivity index (χ4v) is 2.78. The minimum atomic E-state index is -1.13. The smallest absolute Gasteiger partial charge is 0.188 e. The lowest BCUT2D eigenvalue weighted by Crippen LogP contribution is -2.14. The van der Waals surface area contributed by atoms with Crippen LogP contribution in [-0.2, 0) is 6.54 Å². The van der Waals surface area contributed by atoms with E-state index in [9.17, 15) is 5.11 Å². The Morgan fingerprint density at radius 1 is 1.18 bits per heavy atom. The van der Waals surface area contributed by atoms with Crippen LogP contribution in [0, 0.1) is 25.3 Å². The number of aromatic nitrogens is 2. The van der Waals surface area contributed by atoms with Crippen molar-refractivity contribution in [1.29, 1.82) is 0 Å². The standard InChI is InChI=1S/C22H19ClN4O/c1-14-5-6-15(11-19(14)23)13-25-21-18-12-16(24-4)7-8-17(18)20(26-27-21)9-10-22(2,3)28/h5-8,11-12,28H,13H2,1-3H3,(H,25,27). The summed E-state index contributed by atoms with van der Waals surface area (Å²) in [7, 11) is 0. The van der Waals surface area contributed by atoms with Crippen LogP contribution in [0.2, 0.25) is 5.02 Å². The van der Waals surface area contributed by atoms with E-state index < -0.39 is 5.60 Å². The Labute approximate surface area is 169 Å². The van der Waals surface area contributed by atoms with Gasteiger partial charge < -0.3 is 10.4 Å². The van der Waals surface area contributed by atoms with Gasteiger partial charge in [0.15, 0.2) is 11.5 Å². The fraction of sp³-hybridized carbons (Fsp3) is 0.227. The van der Waals surface area contributed by atoms with Crippen molar-refractivity contribution in [2.24, 2.45) is 0 Å². The topological polar surface area (TPSA) is 62.4 Å². The normalized spacial score (nSPS) is 10.9. The maximum atomic E-state index is 9.86. The number of hydrogen-bond donors (Lipinski definition) is 2. The van der Waals surface area contributed by atoms with Crippen LogP contribution in [-0.4, -0.2) is 20.9 Å². The first-order valence-electron chi connectivity index (χ1n) is 8.69. The molecule has 0 fully saturated rings. The van der Waals surface area contributed by atoms with Gasteiger partial charge in [0.25, 0.3) is 0 Å². The molecule has 0 bridgehead atoms. The van der Waals surface area contributed by atoms with Crippen molar-refractivity contribution in [2.45, 2.75) is 32.9 Å². The average Bonchev–Trinajstić information content (AvgIpc) is 2.66. The average molecular weight is 391 g/mol. The highest BCUT2D eigenvalue weighted by atomic mass is 35.5. The Hall–Kier alpha value is -3.12. The molecule has 0 saturated carbocycles. The second kappa shape index (κ2) is 7.86. The molecule has 1 aromatic heterocycles. The molecule has 3 rings (SSSR count). The lowest BCUT2D eigenvalue weighted by atomic mass is 10.1. The molecule has 2 N–H and O–H groups in total. The fourth-order valence-electron chi connectivity index (χ4n) is 2.58. The molecule has 0 aliphatic carbocycles. The van der Waals surface area contributed by atoms with E-state index >= 15 is 0 Å². The highest BCUT2D eigenvalue weighted by molar-refractivity contribution is 6.31. The maximum absolute atomic E-state index is 9.86. The van der Waals surface area contributed by atoms with E-state index in [1.54, 1.807) is 32.0 Å². The van der Waals surface area contributed by atoms with Crippen LogP contribution in [0.3, 0.4) is 0 Å². The molecule has 5 nitrogen and oxygen atoms in total. The number of fused-ring (bicyclic) bond motifs is 1. The monoisotopic (exact) mass is 390 g/mol. The van der Waals surface area contributed by atoms with Crippen LogP contribution in [0.4, 0.5) is 11.5 Å². The number of nitrogens with one attached hydrogen (secondary N) is 1. The summed E-state index contributed by atoms with van der Waals surface area (Å²) in [6, 6.07) is 11.2. The molecule has 1 heterocycles. The molecule has 0 aliphatic heterocycles. The third-order valence-electron chi connectivity index (χ3n) is 4.08. The van der Waals surface area contributed by atoms with Crippen molar-refractivity contribution >= 4 is 33.9 Å². The van der Waals surface area contributed by atoms with Crippen LogP contribution in [0.1, 0.15) is 30.7 Å². The van der Waals surface area contributed by atoms with Gasteiger partial charge in [-0.25, -0.2) is 4.85 Å². The molecule has 6 heteroatoms. The van der Waals surface area contributed by atoms with Crippen molar-refractivity contribution in [3.05, 3.63) is 69.7 Å². The van der Waals surface area contributed by atoms with Gasteiger partial charge in [0.05, 0.1) is 6.57 Å². The zero-order chi connectivity index (χ0) is 20.3. The lowest BCUT2D eigenvalue weighted by Gasteiger charge is -2.11. The third kappa shape index (κ3) is 4.58.